The molecule has 7 heteroatoms. The molecule has 5 nitrogen and oxygen atoms in total. The number of halogens is 2. The van der Waals surface area contributed by atoms with Crippen LogP contribution in [0.5, 0.6) is 5.75 Å². The Bertz CT molecular complexity index is 640. The van der Waals surface area contributed by atoms with E-state index in [0.29, 0.717) is 31.0 Å². The van der Waals surface area contributed by atoms with Crippen molar-refractivity contribution in [3.8, 4) is 5.75 Å². The molecule has 1 aromatic rings. The number of hydrogen-bond donors (Lipinski definition) is 2. The maximum atomic E-state index is 12.7. The summed E-state index contributed by atoms with van der Waals surface area (Å²) in [6, 6.07) is 9.90. The average Bonchev–Trinajstić information content (AvgIpc) is 3.07. The Morgan fingerprint density at radius 3 is 2.33 bits per heavy atom. The highest BCUT2D eigenvalue weighted by molar-refractivity contribution is 5.85. The maximum Gasteiger partial charge on any atom is 0.220 e. The minimum Gasteiger partial charge on any atom is -0.497 e. The molecule has 1 aromatic carbocycles. The van der Waals surface area contributed by atoms with Gasteiger partial charge in [0, 0.05) is 25.0 Å². The number of carbonyl (C=O) groups is 1. The van der Waals surface area contributed by atoms with Crippen molar-refractivity contribution in [1.29, 1.82) is 0 Å². The van der Waals surface area contributed by atoms with Crippen molar-refractivity contribution in [3.05, 3.63) is 29.8 Å². The summed E-state index contributed by atoms with van der Waals surface area (Å²) in [5.41, 5.74) is 1.27. The Balaban J connectivity index is 0.00000160. The molecule has 3 fully saturated rings. The fourth-order valence-electron chi connectivity index (χ4n) is 5.40. The summed E-state index contributed by atoms with van der Waals surface area (Å²) >= 11 is 0. The number of carbonyl (C=O) groups excluding carboxylic acids is 1. The predicted molar refractivity (Wildman–Crippen MR) is 126 cm³/mol. The molecule has 3 unspecified atom stereocenters. The quantitative estimate of drug-likeness (QED) is 0.646. The van der Waals surface area contributed by atoms with Crippen molar-refractivity contribution in [3.63, 3.8) is 0 Å². The summed E-state index contributed by atoms with van der Waals surface area (Å²) in [6.45, 7) is 2.93. The van der Waals surface area contributed by atoms with E-state index in [1.54, 1.807) is 7.11 Å². The Morgan fingerprint density at radius 1 is 1.10 bits per heavy atom. The molecule has 0 aromatic heterocycles. The number of methoxy groups -OCH3 is 1. The summed E-state index contributed by atoms with van der Waals surface area (Å²) in [4.78, 5) is 15.2. The first-order valence-corrected chi connectivity index (χ1v) is 11.1. The lowest BCUT2D eigenvalue weighted by atomic mass is 9.89. The largest absolute Gasteiger partial charge is 0.497 e. The van der Waals surface area contributed by atoms with Gasteiger partial charge in [0.1, 0.15) is 5.75 Å². The number of likely N-dealkylation sites (tertiary alicyclic amines) is 1. The zero-order valence-corrected chi connectivity index (χ0v) is 19.6. The van der Waals surface area contributed by atoms with Crippen LogP contribution in [0.3, 0.4) is 0 Å². The highest BCUT2D eigenvalue weighted by Crippen LogP contribution is 2.32. The number of nitrogens with zero attached hydrogens (tertiary/aromatic N) is 1. The number of ether oxygens (including phenoxy) is 1. The number of nitrogens with one attached hydrogen (secondary N) is 2. The van der Waals surface area contributed by atoms with Crippen molar-refractivity contribution < 1.29 is 9.53 Å². The lowest BCUT2D eigenvalue weighted by Gasteiger charge is -2.35. The van der Waals surface area contributed by atoms with Gasteiger partial charge in [-0.15, -0.1) is 24.8 Å². The second kappa shape index (κ2) is 12.1. The second-order valence-corrected chi connectivity index (χ2v) is 8.87. The van der Waals surface area contributed by atoms with Crippen LogP contribution in [-0.4, -0.2) is 49.6 Å². The third-order valence-corrected chi connectivity index (χ3v) is 6.87. The zero-order chi connectivity index (χ0) is 19.3. The summed E-state index contributed by atoms with van der Waals surface area (Å²) < 4.78 is 5.31. The molecule has 0 radical (unpaired) electrons. The molecule has 0 spiro atoms. The van der Waals surface area contributed by atoms with Crippen molar-refractivity contribution in [1.82, 2.24) is 15.5 Å². The average molecular weight is 458 g/mol. The van der Waals surface area contributed by atoms with Gasteiger partial charge in [-0.05, 0) is 75.2 Å². The molecule has 2 N–H and O–H groups in total. The van der Waals surface area contributed by atoms with E-state index in [1.807, 2.05) is 12.1 Å². The maximum absolute atomic E-state index is 12.7. The van der Waals surface area contributed by atoms with Gasteiger partial charge in [0.05, 0.1) is 13.2 Å². The van der Waals surface area contributed by atoms with Crippen LogP contribution in [0.4, 0.5) is 0 Å². The summed E-state index contributed by atoms with van der Waals surface area (Å²) in [5.74, 6) is 1.65. The van der Waals surface area contributed by atoms with E-state index in [4.69, 9.17) is 4.74 Å². The molecule has 0 aliphatic carbocycles. The van der Waals surface area contributed by atoms with Crippen LogP contribution in [0.2, 0.25) is 0 Å². The van der Waals surface area contributed by atoms with Crippen LogP contribution in [0, 0.1) is 5.92 Å². The number of hydrogen-bond acceptors (Lipinski definition) is 4. The Morgan fingerprint density at radius 2 is 1.73 bits per heavy atom. The van der Waals surface area contributed by atoms with Crippen LogP contribution < -0.4 is 15.4 Å². The van der Waals surface area contributed by atoms with Gasteiger partial charge in [0.2, 0.25) is 5.91 Å². The summed E-state index contributed by atoms with van der Waals surface area (Å²) in [5, 5.41) is 6.94. The van der Waals surface area contributed by atoms with Crippen LogP contribution in [0.1, 0.15) is 63.0 Å². The minimum absolute atomic E-state index is 0. The summed E-state index contributed by atoms with van der Waals surface area (Å²) in [7, 11) is 1.70. The SMILES string of the molecule is COc1ccc(C(CNC(=O)CC2CC3CCC(C2)N3)N2CCCCC2)cc1.Cl.Cl. The van der Waals surface area contributed by atoms with Crippen molar-refractivity contribution in [2.24, 2.45) is 5.92 Å². The highest BCUT2D eigenvalue weighted by Gasteiger charge is 2.34. The molecular formula is C23H37Cl2N3O2. The van der Waals surface area contributed by atoms with Gasteiger partial charge in [-0.1, -0.05) is 18.6 Å². The molecule has 2 bridgehead atoms. The molecule has 1 amide bonds. The van der Waals surface area contributed by atoms with Gasteiger partial charge in [0.25, 0.3) is 0 Å². The van der Waals surface area contributed by atoms with Gasteiger partial charge >= 0.3 is 0 Å². The second-order valence-electron chi connectivity index (χ2n) is 8.87. The Hall–Kier alpha value is -1.01. The highest BCUT2D eigenvalue weighted by atomic mass is 35.5. The van der Waals surface area contributed by atoms with Crippen LogP contribution in [0.25, 0.3) is 0 Å². The monoisotopic (exact) mass is 457 g/mol. The normalized spacial score (nSPS) is 26.8. The van der Waals surface area contributed by atoms with Crippen molar-refractivity contribution in [2.45, 2.75) is 69.5 Å². The standard InChI is InChI=1S/C23H35N3O2.2ClH/c1-28-21-9-5-18(6-10-21)22(26-11-3-2-4-12-26)16-24-23(27)15-17-13-19-7-8-20(14-17)25-19;;/h5-6,9-10,17,19-20,22,25H,2-4,7-8,11-16H2,1H3,(H,24,27);2*1H. The van der Waals surface area contributed by atoms with Crippen molar-refractivity contribution in [2.75, 3.05) is 26.7 Å². The van der Waals surface area contributed by atoms with Gasteiger partial charge in [0.15, 0.2) is 0 Å². The molecule has 3 aliphatic rings. The number of amides is 1. The number of fused-ring (bicyclic) bond motifs is 2. The number of piperidine rings is 2. The Kier molecular flexibility index (Phi) is 10.2. The minimum atomic E-state index is 0. The van der Waals surface area contributed by atoms with Gasteiger partial charge < -0.3 is 15.4 Å². The fraction of sp³-hybridized carbons (Fsp3) is 0.696. The first kappa shape index (κ1) is 25.3. The van der Waals surface area contributed by atoms with E-state index in [2.05, 4.69) is 27.7 Å². The fourth-order valence-corrected chi connectivity index (χ4v) is 5.40. The lowest BCUT2D eigenvalue weighted by Crippen LogP contribution is -2.42. The van der Waals surface area contributed by atoms with E-state index in [1.165, 1.54) is 37.7 Å². The third kappa shape index (κ3) is 6.49. The molecule has 4 rings (SSSR count). The Labute approximate surface area is 193 Å². The first-order chi connectivity index (χ1) is 13.7. The van der Waals surface area contributed by atoms with Crippen molar-refractivity contribution >= 4 is 30.7 Å². The number of rotatable bonds is 7. The number of benzene rings is 1. The third-order valence-electron chi connectivity index (χ3n) is 6.87. The molecule has 170 valence electrons. The molecule has 3 heterocycles. The smallest absolute Gasteiger partial charge is 0.220 e. The first-order valence-electron chi connectivity index (χ1n) is 11.1. The van der Waals surface area contributed by atoms with E-state index in [9.17, 15) is 4.79 Å². The summed E-state index contributed by atoms with van der Waals surface area (Å²) in [6.07, 6.45) is 9.40. The van der Waals surface area contributed by atoms with Crippen LogP contribution in [-0.2, 0) is 4.79 Å². The van der Waals surface area contributed by atoms with Crippen LogP contribution >= 0.6 is 24.8 Å². The molecule has 3 atom stereocenters. The van der Waals surface area contributed by atoms with E-state index in [-0.39, 0.29) is 36.8 Å². The molecule has 3 aliphatic heterocycles. The lowest BCUT2D eigenvalue weighted by molar-refractivity contribution is -0.122. The van der Waals surface area contributed by atoms with E-state index in [0.717, 1.165) is 31.7 Å². The van der Waals surface area contributed by atoms with E-state index < -0.39 is 0 Å². The molecule has 30 heavy (non-hydrogen) atoms. The molecule has 3 saturated heterocycles. The molecular weight excluding hydrogens is 421 g/mol. The van der Waals surface area contributed by atoms with Gasteiger partial charge in [-0.3, -0.25) is 9.69 Å². The predicted octanol–water partition coefficient (Wildman–Crippen LogP) is 4.10. The zero-order valence-electron chi connectivity index (χ0n) is 18.0. The van der Waals surface area contributed by atoms with Gasteiger partial charge in [-0.2, -0.15) is 0 Å². The van der Waals surface area contributed by atoms with Crippen LogP contribution in [0.15, 0.2) is 24.3 Å². The van der Waals surface area contributed by atoms with E-state index >= 15 is 0 Å². The topological polar surface area (TPSA) is 53.6 Å². The molecule has 0 saturated carbocycles. The van der Waals surface area contributed by atoms with Gasteiger partial charge in [-0.25, -0.2) is 0 Å².